The van der Waals surface area contributed by atoms with Gasteiger partial charge in [0.25, 0.3) is 5.91 Å². The van der Waals surface area contributed by atoms with E-state index in [2.05, 4.69) is 10.3 Å². The monoisotopic (exact) mass is 503 g/mol. The van der Waals surface area contributed by atoms with Crippen LogP contribution in [0.25, 0.3) is 0 Å². The van der Waals surface area contributed by atoms with E-state index in [4.69, 9.17) is 13.9 Å². The zero-order valence-corrected chi connectivity index (χ0v) is 20.9. The SMILES string of the molecule is O=C(NCC1CCCO1)c1coc(CN(CC2CCCO2)C(=O)C(c2ccccc2)c2ccccc2)n1. The molecule has 37 heavy (non-hydrogen) atoms. The number of oxazole rings is 1. The molecule has 2 fully saturated rings. The van der Waals surface area contributed by atoms with Crippen LogP contribution in [0, 0.1) is 0 Å². The molecule has 1 N–H and O–H groups in total. The molecule has 2 amide bonds. The molecule has 3 heterocycles. The topological polar surface area (TPSA) is 93.9 Å². The van der Waals surface area contributed by atoms with Crippen molar-refractivity contribution in [1.82, 2.24) is 15.2 Å². The molecule has 1 aromatic heterocycles. The van der Waals surface area contributed by atoms with Crippen molar-refractivity contribution >= 4 is 11.8 Å². The van der Waals surface area contributed by atoms with Gasteiger partial charge in [0, 0.05) is 26.3 Å². The maximum absolute atomic E-state index is 14.1. The highest BCUT2D eigenvalue weighted by molar-refractivity contribution is 5.92. The lowest BCUT2D eigenvalue weighted by atomic mass is 9.90. The Morgan fingerprint density at radius 1 is 0.919 bits per heavy atom. The Balaban J connectivity index is 1.35. The summed E-state index contributed by atoms with van der Waals surface area (Å²) in [4.78, 5) is 32.9. The first-order valence-electron chi connectivity index (χ1n) is 13.0. The maximum Gasteiger partial charge on any atom is 0.273 e. The van der Waals surface area contributed by atoms with Crippen LogP contribution in [0.4, 0.5) is 0 Å². The van der Waals surface area contributed by atoms with Crippen LogP contribution in [-0.2, 0) is 20.8 Å². The maximum atomic E-state index is 14.1. The van der Waals surface area contributed by atoms with Crippen molar-refractivity contribution in [1.29, 1.82) is 0 Å². The fraction of sp³-hybridized carbons (Fsp3) is 0.414. The van der Waals surface area contributed by atoms with Gasteiger partial charge >= 0.3 is 0 Å². The van der Waals surface area contributed by atoms with Gasteiger partial charge in [-0.15, -0.1) is 0 Å². The Morgan fingerprint density at radius 3 is 2.14 bits per heavy atom. The molecule has 3 aromatic rings. The number of carbonyl (C=O) groups excluding carboxylic acids is 2. The Hall–Kier alpha value is -3.49. The number of nitrogens with one attached hydrogen (secondary N) is 1. The highest BCUT2D eigenvalue weighted by Crippen LogP contribution is 2.28. The largest absolute Gasteiger partial charge is 0.446 e. The minimum absolute atomic E-state index is 0.0414. The van der Waals surface area contributed by atoms with Crippen molar-refractivity contribution in [3.8, 4) is 0 Å². The van der Waals surface area contributed by atoms with Crippen molar-refractivity contribution < 1.29 is 23.5 Å². The molecule has 0 radical (unpaired) electrons. The molecule has 0 bridgehead atoms. The van der Waals surface area contributed by atoms with Gasteiger partial charge in [-0.1, -0.05) is 60.7 Å². The Kier molecular flexibility index (Phi) is 8.28. The van der Waals surface area contributed by atoms with Gasteiger partial charge in [-0.25, -0.2) is 4.98 Å². The molecule has 8 heteroatoms. The van der Waals surface area contributed by atoms with E-state index in [9.17, 15) is 9.59 Å². The third kappa shape index (κ3) is 6.45. The smallest absolute Gasteiger partial charge is 0.273 e. The molecule has 0 spiro atoms. The Morgan fingerprint density at radius 2 is 1.54 bits per heavy atom. The molecule has 0 saturated carbocycles. The molecule has 0 aliphatic carbocycles. The minimum Gasteiger partial charge on any atom is -0.446 e. The summed E-state index contributed by atoms with van der Waals surface area (Å²) in [5.41, 5.74) is 2.02. The zero-order chi connectivity index (χ0) is 25.5. The van der Waals surface area contributed by atoms with Gasteiger partial charge in [-0.05, 0) is 36.8 Å². The molecule has 2 aliphatic heterocycles. The number of nitrogens with zero attached hydrogens (tertiary/aromatic N) is 2. The third-order valence-electron chi connectivity index (χ3n) is 6.90. The van der Waals surface area contributed by atoms with Crippen LogP contribution in [0.3, 0.4) is 0 Å². The summed E-state index contributed by atoms with van der Waals surface area (Å²) in [7, 11) is 0. The fourth-order valence-corrected chi connectivity index (χ4v) is 4.97. The van der Waals surface area contributed by atoms with Crippen LogP contribution >= 0.6 is 0 Å². The average Bonchev–Trinajstić information content (AvgIpc) is 3.72. The van der Waals surface area contributed by atoms with E-state index >= 15 is 0 Å². The summed E-state index contributed by atoms with van der Waals surface area (Å²) in [5.74, 6) is -0.536. The van der Waals surface area contributed by atoms with E-state index in [-0.39, 0.29) is 36.3 Å². The lowest BCUT2D eigenvalue weighted by Crippen LogP contribution is -2.40. The molecular weight excluding hydrogens is 470 g/mol. The number of rotatable bonds is 10. The molecule has 2 unspecified atom stereocenters. The zero-order valence-electron chi connectivity index (χ0n) is 20.9. The number of ether oxygens (including phenoxy) is 2. The summed E-state index contributed by atoms with van der Waals surface area (Å²) >= 11 is 0. The normalized spacial score (nSPS) is 19.3. The highest BCUT2D eigenvalue weighted by atomic mass is 16.5. The van der Waals surface area contributed by atoms with Gasteiger partial charge < -0.3 is 24.1 Å². The van der Waals surface area contributed by atoms with Crippen LogP contribution in [0.15, 0.2) is 71.3 Å². The van der Waals surface area contributed by atoms with Gasteiger partial charge in [0.15, 0.2) is 5.69 Å². The summed E-state index contributed by atoms with van der Waals surface area (Å²) < 4.78 is 17.1. The first kappa shape index (κ1) is 25.2. The number of benzene rings is 2. The second kappa shape index (κ2) is 12.2. The second-order valence-corrected chi connectivity index (χ2v) is 9.58. The lowest BCUT2D eigenvalue weighted by Gasteiger charge is -2.29. The standard InChI is InChI=1S/C29H33N3O5/c33-28(30-17-23-13-7-15-35-23)25-20-37-26(31-25)19-32(18-24-14-8-16-36-24)29(34)27(21-9-3-1-4-10-21)22-11-5-2-6-12-22/h1-6,9-12,20,23-24,27H,7-8,13-19H2,(H,30,33). The van der Waals surface area contributed by atoms with Crippen LogP contribution in [0.2, 0.25) is 0 Å². The van der Waals surface area contributed by atoms with Crippen molar-refractivity contribution in [3.05, 3.63) is 89.6 Å². The summed E-state index contributed by atoms with van der Waals surface area (Å²) in [6.45, 7) is 2.45. The predicted octanol–water partition coefficient (Wildman–Crippen LogP) is 3.92. The summed E-state index contributed by atoms with van der Waals surface area (Å²) in [6.07, 6.45) is 5.17. The van der Waals surface area contributed by atoms with Gasteiger partial charge in [-0.2, -0.15) is 0 Å². The van der Waals surface area contributed by atoms with Gasteiger partial charge in [0.2, 0.25) is 11.8 Å². The van der Waals surface area contributed by atoms with E-state index in [0.29, 0.717) is 25.6 Å². The molecule has 2 aromatic carbocycles. The lowest BCUT2D eigenvalue weighted by molar-refractivity contribution is -0.134. The van der Waals surface area contributed by atoms with Crippen LogP contribution in [0.1, 0.15) is 59.1 Å². The number of hydrogen-bond acceptors (Lipinski definition) is 6. The minimum atomic E-state index is -0.479. The number of hydrogen-bond donors (Lipinski definition) is 1. The summed E-state index contributed by atoms with van der Waals surface area (Å²) in [6, 6.07) is 19.6. The number of amides is 2. The van der Waals surface area contributed by atoms with Gasteiger partial charge in [-0.3, -0.25) is 9.59 Å². The second-order valence-electron chi connectivity index (χ2n) is 9.58. The van der Waals surface area contributed by atoms with E-state index in [1.807, 2.05) is 60.7 Å². The highest BCUT2D eigenvalue weighted by Gasteiger charge is 2.31. The number of aromatic nitrogens is 1. The first-order chi connectivity index (χ1) is 18.2. The molecule has 2 aliphatic rings. The molecule has 5 rings (SSSR count). The van der Waals surface area contributed by atoms with Crippen molar-refractivity contribution in [3.63, 3.8) is 0 Å². The van der Waals surface area contributed by atoms with Crippen molar-refractivity contribution in [2.75, 3.05) is 26.3 Å². The molecule has 2 saturated heterocycles. The van der Waals surface area contributed by atoms with Gasteiger partial charge in [0.1, 0.15) is 6.26 Å². The predicted molar refractivity (Wildman–Crippen MR) is 137 cm³/mol. The van der Waals surface area contributed by atoms with Crippen LogP contribution in [0.5, 0.6) is 0 Å². The molecular formula is C29H33N3O5. The average molecular weight is 504 g/mol. The van der Waals surface area contributed by atoms with Crippen molar-refractivity contribution in [2.24, 2.45) is 0 Å². The van der Waals surface area contributed by atoms with E-state index in [0.717, 1.165) is 43.4 Å². The summed E-state index contributed by atoms with van der Waals surface area (Å²) in [5, 5.41) is 2.86. The Labute approximate surface area is 217 Å². The van der Waals surface area contributed by atoms with E-state index in [1.165, 1.54) is 6.26 Å². The third-order valence-corrected chi connectivity index (χ3v) is 6.90. The van der Waals surface area contributed by atoms with Crippen molar-refractivity contribution in [2.45, 2.75) is 50.4 Å². The quantitative estimate of drug-likeness (QED) is 0.451. The Bertz CT molecular complexity index is 1120. The number of carbonyl (C=O) groups is 2. The molecule has 194 valence electrons. The van der Waals surface area contributed by atoms with E-state index < -0.39 is 5.92 Å². The van der Waals surface area contributed by atoms with Crippen LogP contribution in [-0.4, -0.2) is 60.2 Å². The molecule has 8 nitrogen and oxygen atoms in total. The fourth-order valence-electron chi connectivity index (χ4n) is 4.97. The van der Waals surface area contributed by atoms with Gasteiger partial charge in [0.05, 0.1) is 24.7 Å². The van der Waals surface area contributed by atoms with Crippen LogP contribution < -0.4 is 5.32 Å². The first-order valence-corrected chi connectivity index (χ1v) is 13.0. The van der Waals surface area contributed by atoms with E-state index in [1.54, 1.807) is 4.90 Å². The molecule has 2 atom stereocenters.